The van der Waals surface area contributed by atoms with Gasteiger partial charge in [0, 0.05) is 12.6 Å². The second-order valence-corrected chi connectivity index (χ2v) is 5.43. The summed E-state index contributed by atoms with van der Waals surface area (Å²) < 4.78 is 0. The minimum Gasteiger partial charge on any atom is -0.392 e. The fourth-order valence-electron chi connectivity index (χ4n) is 2.15. The molecule has 1 atom stereocenters. The van der Waals surface area contributed by atoms with Gasteiger partial charge in [-0.15, -0.1) is 0 Å². The number of thiocarbonyl (C=S) groups is 1. The quantitative estimate of drug-likeness (QED) is 0.723. The topological polar surface area (TPSA) is 58.4 Å². The molecule has 0 aliphatic heterocycles. The van der Waals surface area contributed by atoms with Crippen molar-refractivity contribution in [3.63, 3.8) is 0 Å². The number of rotatable bonds is 5. The molecule has 17 heavy (non-hydrogen) atoms. The van der Waals surface area contributed by atoms with E-state index in [9.17, 15) is 4.79 Å². The molecule has 1 aliphatic rings. The minimum absolute atomic E-state index is 0.0793. The Bertz CT molecular complexity index is 277. The van der Waals surface area contributed by atoms with Crippen molar-refractivity contribution in [1.29, 1.82) is 0 Å². The number of nitrogens with two attached hydrogens (primary N) is 1. The Balaban J connectivity index is 2.37. The lowest BCUT2D eigenvalue weighted by molar-refractivity contribution is -0.126. The lowest BCUT2D eigenvalue weighted by atomic mass is 9.95. The first-order valence-corrected chi connectivity index (χ1v) is 6.70. The first-order chi connectivity index (χ1) is 8.00. The lowest BCUT2D eigenvalue weighted by Gasteiger charge is -2.28. The van der Waals surface area contributed by atoms with Crippen LogP contribution in [0.3, 0.4) is 0 Å². The average Bonchev–Trinajstić information content (AvgIpc) is 2.28. The molecule has 1 amide bonds. The summed E-state index contributed by atoms with van der Waals surface area (Å²) >= 11 is 4.84. The van der Waals surface area contributed by atoms with Crippen molar-refractivity contribution in [2.24, 2.45) is 5.73 Å². The first-order valence-electron chi connectivity index (χ1n) is 6.29. The summed E-state index contributed by atoms with van der Waals surface area (Å²) in [5.41, 5.74) is 5.47. The average molecular weight is 257 g/mol. The molecule has 0 spiro atoms. The molecule has 0 aromatic carbocycles. The highest BCUT2D eigenvalue weighted by molar-refractivity contribution is 7.80. The summed E-state index contributed by atoms with van der Waals surface area (Å²) in [6, 6.07) is 0.176. The van der Waals surface area contributed by atoms with E-state index in [2.05, 4.69) is 5.32 Å². The van der Waals surface area contributed by atoms with Gasteiger partial charge in [-0.1, -0.05) is 31.5 Å². The summed E-state index contributed by atoms with van der Waals surface area (Å²) in [7, 11) is 1.87. The van der Waals surface area contributed by atoms with Crippen LogP contribution in [-0.4, -0.2) is 41.5 Å². The zero-order valence-corrected chi connectivity index (χ0v) is 11.6. The van der Waals surface area contributed by atoms with E-state index in [4.69, 9.17) is 18.0 Å². The summed E-state index contributed by atoms with van der Waals surface area (Å²) in [4.78, 5) is 14.3. The van der Waals surface area contributed by atoms with E-state index in [1.54, 1.807) is 0 Å². The molecule has 0 aromatic heterocycles. The second-order valence-electron chi connectivity index (χ2n) is 4.90. The second kappa shape index (κ2) is 6.91. The fraction of sp³-hybridized carbons (Fsp3) is 0.833. The van der Waals surface area contributed by atoms with Gasteiger partial charge in [0.1, 0.15) is 0 Å². The fourth-order valence-corrected chi connectivity index (χ4v) is 2.36. The molecule has 5 heteroatoms. The molecule has 0 radical (unpaired) electrons. The Morgan fingerprint density at radius 3 is 2.59 bits per heavy atom. The first kappa shape index (κ1) is 14.4. The van der Waals surface area contributed by atoms with Gasteiger partial charge in [-0.3, -0.25) is 9.69 Å². The van der Waals surface area contributed by atoms with Crippen LogP contribution in [0, 0.1) is 0 Å². The van der Waals surface area contributed by atoms with Crippen molar-refractivity contribution in [2.75, 3.05) is 13.6 Å². The predicted molar refractivity (Wildman–Crippen MR) is 73.9 cm³/mol. The molecule has 4 nitrogen and oxygen atoms in total. The van der Waals surface area contributed by atoms with Gasteiger partial charge in [-0.05, 0) is 26.8 Å². The summed E-state index contributed by atoms with van der Waals surface area (Å²) in [6.45, 7) is 2.37. The van der Waals surface area contributed by atoms with E-state index in [1.165, 1.54) is 19.3 Å². The van der Waals surface area contributed by atoms with Crippen LogP contribution in [0.5, 0.6) is 0 Å². The number of amides is 1. The van der Waals surface area contributed by atoms with E-state index in [0.29, 0.717) is 17.6 Å². The molecule has 0 aromatic rings. The molecule has 1 fully saturated rings. The van der Waals surface area contributed by atoms with Crippen LogP contribution in [-0.2, 0) is 4.79 Å². The molecule has 0 saturated heterocycles. The summed E-state index contributed by atoms with van der Waals surface area (Å²) in [5.74, 6) is 0.0793. The number of nitrogens with one attached hydrogen (secondary N) is 1. The molecule has 1 rings (SSSR count). The molecule has 1 saturated carbocycles. The maximum Gasteiger partial charge on any atom is 0.237 e. The van der Waals surface area contributed by atoms with E-state index < -0.39 is 0 Å². The minimum atomic E-state index is -0.182. The number of hydrogen-bond donors (Lipinski definition) is 2. The van der Waals surface area contributed by atoms with Crippen molar-refractivity contribution < 1.29 is 4.79 Å². The van der Waals surface area contributed by atoms with Crippen molar-refractivity contribution in [3.8, 4) is 0 Å². The largest absolute Gasteiger partial charge is 0.392 e. The van der Waals surface area contributed by atoms with Crippen LogP contribution in [0.15, 0.2) is 0 Å². The van der Waals surface area contributed by atoms with Crippen LogP contribution in [0.25, 0.3) is 0 Å². The standard InChI is InChI=1S/C12H23N3OS/c1-9(15(2)8-11(13)17)12(16)14-10-6-4-3-5-7-10/h9-10H,3-8H2,1-2H3,(H2,13,17)(H,14,16). The van der Waals surface area contributed by atoms with E-state index in [-0.39, 0.29) is 11.9 Å². The highest BCUT2D eigenvalue weighted by atomic mass is 32.1. The third-order valence-electron chi connectivity index (χ3n) is 3.40. The molecule has 1 unspecified atom stereocenters. The Labute approximate surface area is 109 Å². The molecule has 0 heterocycles. The summed E-state index contributed by atoms with van der Waals surface area (Å²) in [6.07, 6.45) is 5.96. The Hall–Kier alpha value is -0.680. The van der Waals surface area contributed by atoms with Gasteiger partial charge in [0.2, 0.25) is 5.91 Å². The molecule has 1 aliphatic carbocycles. The number of carbonyl (C=O) groups is 1. The van der Waals surface area contributed by atoms with Gasteiger partial charge in [0.15, 0.2) is 0 Å². The normalized spacial score (nSPS) is 19.0. The van der Waals surface area contributed by atoms with Crippen LogP contribution in [0.2, 0.25) is 0 Å². The number of nitrogens with zero attached hydrogens (tertiary/aromatic N) is 1. The summed E-state index contributed by atoms with van der Waals surface area (Å²) in [5, 5.41) is 3.11. The van der Waals surface area contributed by atoms with Gasteiger partial charge in [-0.2, -0.15) is 0 Å². The van der Waals surface area contributed by atoms with Crippen molar-refractivity contribution in [3.05, 3.63) is 0 Å². The molecule has 3 N–H and O–H groups in total. The van der Waals surface area contributed by atoms with Crippen LogP contribution >= 0.6 is 12.2 Å². The number of carbonyl (C=O) groups excluding carboxylic acids is 1. The van der Waals surface area contributed by atoms with E-state index >= 15 is 0 Å². The van der Waals surface area contributed by atoms with Crippen molar-refractivity contribution in [2.45, 2.75) is 51.1 Å². The monoisotopic (exact) mass is 257 g/mol. The number of hydrogen-bond acceptors (Lipinski definition) is 3. The maximum atomic E-state index is 12.0. The third-order valence-corrected chi connectivity index (χ3v) is 3.53. The lowest BCUT2D eigenvalue weighted by Crippen LogP contribution is -2.49. The van der Waals surface area contributed by atoms with Gasteiger partial charge < -0.3 is 11.1 Å². The van der Waals surface area contributed by atoms with E-state index in [1.807, 2.05) is 18.9 Å². The molecule has 98 valence electrons. The Kier molecular flexibility index (Phi) is 5.85. The van der Waals surface area contributed by atoms with E-state index in [0.717, 1.165) is 12.8 Å². The van der Waals surface area contributed by atoms with Gasteiger partial charge >= 0.3 is 0 Å². The van der Waals surface area contributed by atoms with Gasteiger partial charge in [0.05, 0.1) is 11.0 Å². The molecule has 0 bridgehead atoms. The van der Waals surface area contributed by atoms with Crippen molar-refractivity contribution >= 4 is 23.1 Å². The SMILES string of the molecule is CC(C(=O)NC1CCCCC1)N(C)CC(N)=S. The Morgan fingerprint density at radius 2 is 2.06 bits per heavy atom. The Morgan fingerprint density at radius 1 is 1.47 bits per heavy atom. The molecular weight excluding hydrogens is 234 g/mol. The number of likely N-dealkylation sites (N-methyl/N-ethyl adjacent to an activating group) is 1. The predicted octanol–water partition coefficient (Wildman–Crippen LogP) is 1.04. The zero-order valence-electron chi connectivity index (χ0n) is 10.7. The van der Waals surface area contributed by atoms with Crippen LogP contribution < -0.4 is 11.1 Å². The highest BCUT2D eigenvalue weighted by Gasteiger charge is 2.22. The highest BCUT2D eigenvalue weighted by Crippen LogP contribution is 2.17. The van der Waals surface area contributed by atoms with Crippen LogP contribution in [0.1, 0.15) is 39.0 Å². The van der Waals surface area contributed by atoms with Crippen LogP contribution in [0.4, 0.5) is 0 Å². The van der Waals surface area contributed by atoms with Crippen molar-refractivity contribution in [1.82, 2.24) is 10.2 Å². The molecular formula is C12H23N3OS. The maximum absolute atomic E-state index is 12.0. The smallest absolute Gasteiger partial charge is 0.237 e. The van der Waals surface area contributed by atoms with Gasteiger partial charge in [0.25, 0.3) is 0 Å². The van der Waals surface area contributed by atoms with Gasteiger partial charge in [-0.25, -0.2) is 0 Å². The third kappa shape index (κ3) is 5.00. The zero-order chi connectivity index (χ0) is 12.8.